The van der Waals surface area contributed by atoms with Gasteiger partial charge in [-0.1, -0.05) is 146 Å². The highest BCUT2D eigenvalue weighted by Crippen LogP contribution is 2.43. The standard InChI is InChI=1S/C36H38Si/c1-5-6-9-14-30-19-21-31(22-20-30)25-34-26-35(32-15-10-7-11-16-32)37(34,33-17-12-8-13-18-33)36-28(3)23-27(2)24-29(36)4/h7-8,10-13,15-26H,5-6,9,14H2,1-4H3/b34-25+. The fourth-order valence-corrected chi connectivity index (χ4v) is 11.6. The summed E-state index contributed by atoms with van der Waals surface area (Å²) in [7, 11) is -2.41. The minimum Gasteiger partial charge on any atom is -0.0654 e. The maximum atomic E-state index is 2.47. The van der Waals surface area contributed by atoms with E-state index in [9.17, 15) is 0 Å². The first kappa shape index (κ1) is 25.2. The van der Waals surface area contributed by atoms with Crippen molar-refractivity contribution in [3.05, 3.63) is 142 Å². The van der Waals surface area contributed by atoms with E-state index in [1.165, 1.54) is 74.6 Å². The minimum atomic E-state index is -2.41. The first-order valence-electron chi connectivity index (χ1n) is 13.8. The van der Waals surface area contributed by atoms with Gasteiger partial charge in [0.15, 0.2) is 8.07 Å². The smallest absolute Gasteiger partial charge is 0.0654 e. The number of aryl methyl sites for hydroxylation is 4. The lowest BCUT2D eigenvalue weighted by molar-refractivity contribution is 0.717. The average molecular weight is 499 g/mol. The van der Waals surface area contributed by atoms with Gasteiger partial charge < -0.3 is 0 Å². The van der Waals surface area contributed by atoms with E-state index in [1.807, 2.05) is 0 Å². The van der Waals surface area contributed by atoms with Crippen molar-refractivity contribution >= 4 is 29.7 Å². The number of benzene rings is 4. The highest BCUT2D eigenvalue weighted by atomic mass is 28.3. The zero-order chi connectivity index (χ0) is 25.8. The van der Waals surface area contributed by atoms with E-state index in [0.29, 0.717) is 0 Å². The van der Waals surface area contributed by atoms with Gasteiger partial charge in [-0.05, 0) is 71.1 Å². The molecule has 0 spiro atoms. The number of rotatable bonds is 8. The molecule has 186 valence electrons. The third-order valence-electron chi connectivity index (χ3n) is 7.85. The topological polar surface area (TPSA) is 0 Å². The summed E-state index contributed by atoms with van der Waals surface area (Å²) in [5, 5.41) is 6.02. The number of allylic oxidation sites excluding steroid dienone is 2. The first-order chi connectivity index (χ1) is 18.0. The predicted octanol–water partition coefficient (Wildman–Crippen LogP) is 8.17. The lowest BCUT2D eigenvalue weighted by Crippen LogP contribution is -2.66. The van der Waals surface area contributed by atoms with Gasteiger partial charge in [0.05, 0.1) is 0 Å². The fourth-order valence-electron chi connectivity index (χ4n) is 6.26. The molecule has 1 unspecified atom stereocenters. The molecule has 1 atom stereocenters. The predicted molar refractivity (Wildman–Crippen MR) is 164 cm³/mol. The van der Waals surface area contributed by atoms with Crippen LogP contribution in [0.15, 0.2) is 108 Å². The monoisotopic (exact) mass is 498 g/mol. The van der Waals surface area contributed by atoms with Crippen LogP contribution in [0.3, 0.4) is 0 Å². The second-order valence-corrected chi connectivity index (χ2v) is 14.3. The summed E-state index contributed by atoms with van der Waals surface area (Å²) < 4.78 is 0. The van der Waals surface area contributed by atoms with Crippen molar-refractivity contribution in [1.82, 2.24) is 0 Å². The Kier molecular flexibility index (Phi) is 7.44. The first-order valence-corrected chi connectivity index (χ1v) is 15.8. The van der Waals surface area contributed by atoms with Gasteiger partial charge in [-0.25, -0.2) is 0 Å². The molecule has 37 heavy (non-hydrogen) atoms. The van der Waals surface area contributed by atoms with Gasteiger partial charge in [0, 0.05) is 0 Å². The zero-order valence-electron chi connectivity index (χ0n) is 22.7. The summed E-state index contributed by atoms with van der Waals surface area (Å²) >= 11 is 0. The van der Waals surface area contributed by atoms with Crippen LogP contribution in [0.4, 0.5) is 0 Å². The zero-order valence-corrected chi connectivity index (χ0v) is 23.7. The molecule has 0 aromatic heterocycles. The summed E-state index contributed by atoms with van der Waals surface area (Å²) in [5.74, 6) is 0. The molecule has 0 amide bonds. The highest BCUT2D eigenvalue weighted by Gasteiger charge is 2.51. The van der Waals surface area contributed by atoms with Crippen LogP contribution in [-0.4, -0.2) is 8.07 Å². The Balaban J connectivity index is 1.71. The Bertz CT molecular complexity index is 1400. The fraction of sp³-hybridized carbons (Fsp3) is 0.222. The van der Waals surface area contributed by atoms with Gasteiger partial charge in [0.2, 0.25) is 0 Å². The molecule has 4 aromatic rings. The summed E-state index contributed by atoms with van der Waals surface area (Å²) in [6, 6.07) is 36.4. The van der Waals surface area contributed by atoms with Crippen molar-refractivity contribution in [2.45, 2.75) is 53.4 Å². The third kappa shape index (κ3) is 4.81. The van der Waals surface area contributed by atoms with E-state index < -0.39 is 8.07 Å². The van der Waals surface area contributed by atoms with Gasteiger partial charge in [-0.3, -0.25) is 0 Å². The van der Waals surface area contributed by atoms with Gasteiger partial charge >= 0.3 is 0 Å². The van der Waals surface area contributed by atoms with Crippen LogP contribution in [0, 0.1) is 20.8 Å². The Morgan fingerprint density at radius 1 is 0.703 bits per heavy atom. The van der Waals surface area contributed by atoms with Crippen molar-refractivity contribution in [1.29, 1.82) is 0 Å². The molecule has 0 saturated carbocycles. The molecule has 4 aromatic carbocycles. The lowest BCUT2D eigenvalue weighted by Gasteiger charge is -2.46. The van der Waals surface area contributed by atoms with Crippen LogP contribution in [0.2, 0.25) is 0 Å². The van der Waals surface area contributed by atoms with Crippen LogP contribution in [-0.2, 0) is 6.42 Å². The van der Waals surface area contributed by atoms with Crippen molar-refractivity contribution in [3.8, 4) is 0 Å². The van der Waals surface area contributed by atoms with Crippen LogP contribution >= 0.6 is 0 Å². The van der Waals surface area contributed by atoms with Crippen molar-refractivity contribution < 1.29 is 0 Å². The van der Waals surface area contributed by atoms with Crippen LogP contribution < -0.4 is 10.4 Å². The number of hydrogen-bond donors (Lipinski definition) is 0. The largest absolute Gasteiger partial charge is 0.180 e. The van der Waals surface area contributed by atoms with Gasteiger partial charge in [-0.15, -0.1) is 0 Å². The van der Waals surface area contributed by atoms with Crippen molar-refractivity contribution in [3.63, 3.8) is 0 Å². The van der Waals surface area contributed by atoms with E-state index in [2.05, 4.69) is 137 Å². The molecule has 0 radical (unpaired) electrons. The highest BCUT2D eigenvalue weighted by molar-refractivity contribution is 7.23. The lowest BCUT2D eigenvalue weighted by atomic mass is 10.0. The van der Waals surface area contributed by atoms with Crippen molar-refractivity contribution in [2.75, 3.05) is 0 Å². The molecule has 5 rings (SSSR count). The second kappa shape index (κ2) is 10.9. The molecule has 0 aliphatic carbocycles. The quantitative estimate of drug-likeness (QED) is 0.170. The molecule has 0 N–H and O–H groups in total. The van der Waals surface area contributed by atoms with E-state index in [-0.39, 0.29) is 0 Å². The van der Waals surface area contributed by atoms with E-state index in [0.717, 1.165) is 0 Å². The van der Waals surface area contributed by atoms with Gasteiger partial charge in [0.25, 0.3) is 0 Å². The summed E-state index contributed by atoms with van der Waals surface area (Å²) in [6.07, 6.45) is 9.97. The average Bonchev–Trinajstić information content (AvgIpc) is 2.90. The number of unbranched alkanes of at least 4 members (excludes halogenated alkanes) is 2. The summed E-state index contributed by atoms with van der Waals surface area (Å²) in [4.78, 5) is 0. The molecule has 0 bridgehead atoms. The van der Waals surface area contributed by atoms with Gasteiger partial charge in [-0.2, -0.15) is 0 Å². The Labute approximate surface area is 224 Å². The molecular weight excluding hydrogens is 460 g/mol. The van der Waals surface area contributed by atoms with Crippen LogP contribution in [0.1, 0.15) is 59.6 Å². The Morgan fingerprint density at radius 3 is 1.95 bits per heavy atom. The van der Waals surface area contributed by atoms with E-state index in [4.69, 9.17) is 0 Å². The SMILES string of the molecule is CCCCCc1ccc(/C=C2\C=C(c3ccccc3)[Si]2(c2ccccc2)c2c(C)cc(C)cc2C)cc1. The Hall–Kier alpha value is -3.42. The molecule has 0 nitrogen and oxygen atoms in total. The molecule has 1 heteroatoms. The molecule has 0 saturated heterocycles. The summed E-state index contributed by atoms with van der Waals surface area (Å²) in [6.45, 7) is 9.12. The maximum Gasteiger partial charge on any atom is 0.180 e. The third-order valence-corrected chi connectivity index (χ3v) is 13.0. The molecule has 1 aliphatic heterocycles. The second-order valence-electron chi connectivity index (χ2n) is 10.6. The van der Waals surface area contributed by atoms with Crippen LogP contribution in [0.25, 0.3) is 11.3 Å². The Morgan fingerprint density at radius 2 is 1.32 bits per heavy atom. The minimum absolute atomic E-state index is 1.17. The van der Waals surface area contributed by atoms with Crippen molar-refractivity contribution in [2.24, 2.45) is 0 Å². The van der Waals surface area contributed by atoms with Crippen LogP contribution in [0.5, 0.6) is 0 Å². The molecular formula is C36H38Si. The normalized spacial score (nSPS) is 17.9. The number of hydrogen-bond acceptors (Lipinski definition) is 0. The molecule has 1 heterocycles. The molecule has 1 aliphatic rings. The summed E-state index contributed by atoms with van der Waals surface area (Å²) in [5.41, 5.74) is 8.25. The van der Waals surface area contributed by atoms with E-state index in [1.54, 1.807) is 5.19 Å². The maximum absolute atomic E-state index is 2.47. The molecule has 0 fully saturated rings. The van der Waals surface area contributed by atoms with Gasteiger partial charge in [0.1, 0.15) is 0 Å². The van der Waals surface area contributed by atoms with E-state index >= 15 is 0 Å².